The van der Waals surface area contributed by atoms with E-state index in [4.69, 9.17) is 4.98 Å². The van der Waals surface area contributed by atoms with Gasteiger partial charge in [-0.15, -0.1) is 22.7 Å². The highest BCUT2D eigenvalue weighted by Gasteiger charge is 2.25. The van der Waals surface area contributed by atoms with E-state index in [9.17, 15) is 9.18 Å². The summed E-state index contributed by atoms with van der Waals surface area (Å²) in [5.41, 5.74) is 4.23. The van der Waals surface area contributed by atoms with Gasteiger partial charge in [-0.25, -0.2) is 9.37 Å². The molecule has 0 fully saturated rings. The quantitative estimate of drug-likeness (QED) is 0.424. The van der Waals surface area contributed by atoms with E-state index in [1.807, 2.05) is 18.2 Å². The number of halogens is 1. The van der Waals surface area contributed by atoms with Crippen molar-refractivity contribution in [3.8, 4) is 10.6 Å². The second kappa shape index (κ2) is 7.69. The van der Waals surface area contributed by atoms with Crippen LogP contribution in [0.25, 0.3) is 20.8 Å². The minimum Gasteiger partial charge on any atom is -0.317 e. The number of hydrogen-bond donors (Lipinski definition) is 1. The third-order valence-corrected chi connectivity index (χ3v) is 7.47. The topological polar surface area (TPSA) is 42.0 Å². The van der Waals surface area contributed by atoms with Crippen molar-refractivity contribution in [1.29, 1.82) is 0 Å². The highest BCUT2D eigenvalue weighted by atomic mass is 32.1. The largest absolute Gasteiger partial charge is 0.317 e. The second-order valence-electron chi connectivity index (χ2n) is 7.25. The van der Waals surface area contributed by atoms with Gasteiger partial charge >= 0.3 is 0 Å². The Morgan fingerprint density at radius 3 is 2.66 bits per heavy atom. The number of benzene rings is 2. The first kappa shape index (κ1) is 18.5. The zero-order valence-corrected chi connectivity index (χ0v) is 17.3. The molecule has 29 heavy (non-hydrogen) atoms. The van der Waals surface area contributed by atoms with Crippen LogP contribution in [0.4, 0.5) is 9.39 Å². The Kier molecular flexibility index (Phi) is 4.89. The van der Waals surface area contributed by atoms with Crippen LogP contribution in [0.15, 0.2) is 48.5 Å². The Labute approximate surface area is 176 Å². The van der Waals surface area contributed by atoms with Gasteiger partial charge in [0.15, 0.2) is 0 Å². The summed E-state index contributed by atoms with van der Waals surface area (Å²) in [6.07, 6.45) is 4.68. The number of nitrogens with one attached hydrogen (secondary N) is 1. The number of aromatic nitrogens is 1. The summed E-state index contributed by atoms with van der Waals surface area (Å²) in [5.74, 6) is -0.379. The molecule has 2 aromatic carbocycles. The van der Waals surface area contributed by atoms with Gasteiger partial charge < -0.3 is 5.32 Å². The highest BCUT2D eigenvalue weighted by Crippen LogP contribution is 2.46. The number of anilines is 1. The minimum atomic E-state index is -0.293. The van der Waals surface area contributed by atoms with Crippen LogP contribution in [0.2, 0.25) is 0 Å². The molecule has 146 valence electrons. The Morgan fingerprint density at radius 2 is 1.83 bits per heavy atom. The SMILES string of the molecule is O=C(Cc1ccc(F)cc1)Nc1sc2c(c1-c1nc3ccccc3s1)CCCC2. The van der Waals surface area contributed by atoms with Crippen LogP contribution in [0.5, 0.6) is 0 Å². The van der Waals surface area contributed by atoms with Gasteiger partial charge in [0.05, 0.1) is 16.6 Å². The number of thiophene rings is 1. The molecule has 0 atom stereocenters. The summed E-state index contributed by atoms with van der Waals surface area (Å²) in [5, 5.41) is 4.99. The Bertz CT molecular complexity index is 1160. The zero-order valence-electron chi connectivity index (χ0n) is 15.7. The smallest absolute Gasteiger partial charge is 0.229 e. The molecule has 4 aromatic rings. The Balaban J connectivity index is 1.50. The average Bonchev–Trinajstić information content (AvgIpc) is 3.30. The van der Waals surface area contributed by atoms with Crippen molar-refractivity contribution in [3.63, 3.8) is 0 Å². The highest BCUT2D eigenvalue weighted by molar-refractivity contribution is 7.22. The number of rotatable bonds is 4. The predicted molar refractivity (Wildman–Crippen MR) is 118 cm³/mol. The first-order chi connectivity index (χ1) is 14.2. The molecular weight excluding hydrogens is 403 g/mol. The van der Waals surface area contributed by atoms with Crippen molar-refractivity contribution < 1.29 is 9.18 Å². The second-order valence-corrected chi connectivity index (χ2v) is 9.39. The lowest BCUT2D eigenvalue weighted by Crippen LogP contribution is -2.14. The van der Waals surface area contributed by atoms with Crippen LogP contribution < -0.4 is 5.32 Å². The van der Waals surface area contributed by atoms with Crippen molar-refractivity contribution in [2.24, 2.45) is 0 Å². The van der Waals surface area contributed by atoms with Crippen LogP contribution in [0, 0.1) is 5.82 Å². The molecule has 1 aliphatic rings. The van der Waals surface area contributed by atoms with Gasteiger partial charge in [-0.05, 0) is 61.1 Å². The molecule has 0 spiro atoms. The van der Waals surface area contributed by atoms with Crippen LogP contribution in [0.3, 0.4) is 0 Å². The number of nitrogens with zero attached hydrogens (tertiary/aromatic N) is 1. The normalized spacial score (nSPS) is 13.4. The lowest BCUT2D eigenvalue weighted by atomic mass is 9.95. The average molecular weight is 423 g/mol. The Hall–Kier alpha value is -2.57. The first-order valence-corrected chi connectivity index (χ1v) is 11.4. The lowest BCUT2D eigenvalue weighted by molar-refractivity contribution is -0.115. The number of para-hydroxylation sites is 1. The van der Waals surface area contributed by atoms with E-state index in [2.05, 4.69) is 11.4 Å². The van der Waals surface area contributed by atoms with Gasteiger partial charge in [0.1, 0.15) is 15.8 Å². The summed E-state index contributed by atoms with van der Waals surface area (Å²) in [6, 6.07) is 14.2. The molecule has 0 radical (unpaired) electrons. The lowest BCUT2D eigenvalue weighted by Gasteiger charge is -2.11. The van der Waals surface area contributed by atoms with E-state index in [0.717, 1.165) is 44.2 Å². The van der Waals surface area contributed by atoms with E-state index < -0.39 is 0 Å². The fourth-order valence-electron chi connectivity index (χ4n) is 3.82. The van der Waals surface area contributed by atoms with Crippen LogP contribution in [0.1, 0.15) is 28.8 Å². The molecule has 2 aromatic heterocycles. The molecule has 0 saturated carbocycles. The van der Waals surface area contributed by atoms with Gasteiger partial charge in [-0.3, -0.25) is 4.79 Å². The zero-order chi connectivity index (χ0) is 19.8. The number of carbonyl (C=O) groups is 1. The van der Waals surface area contributed by atoms with E-state index in [1.165, 1.54) is 35.4 Å². The molecule has 1 N–H and O–H groups in total. The first-order valence-electron chi connectivity index (χ1n) is 9.72. The van der Waals surface area contributed by atoms with E-state index in [1.54, 1.807) is 34.8 Å². The van der Waals surface area contributed by atoms with Gasteiger partial charge in [0.25, 0.3) is 0 Å². The summed E-state index contributed by atoms with van der Waals surface area (Å²) < 4.78 is 14.3. The molecule has 0 saturated heterocycles. The molecule has 1 amide bonds. The van der Waals surface area contributed by atoms with Gasteiger partial charge in [0, 0.05) is 10.4 Å². The van der Waals surface area contributed by atoms with E-state index in [0.29, 0.717) is 0 Å². The maximum absolute atomic E-state index is 13.1. The van der Waals surface area contributed by atoms with E-state index in [-0.39, 0.29) is 18.1 Å². The number of hydrogen-bond acceptors (Lipinski definition) is 4. The molecule has 6 heteroatoms. The third kappa shape index (κ3) is 3.70. The maximum Gasteiger partial charge on any atom is 0.229 e. The van der Waals surface area contributed by atoms with Crippen molar-refractivity contribution in [3.05, 3.63) is 70.4 Å². The standard InChI is InChI=1S/C23H19FN2OS2/c24-15-11-9-14(10-12-15)13-20(27)26-23-21(16-5-1-3-7-18(16)28-23)22-25-17-6-2-4-8-19(17)29-22/h2,4,6,8-12H,1,3,5,7,13H2,(H,26,27). The molecule has 0 aliphatic heterocycles. The van der Waals surface area contributed by atoms with Gasteiger partial charge in [-0.2, -0.15) is 0 Å². The van der Waals surface area contributed by atoms with Crippen molar-refractivity contribution >= 4 is 43.8 Å². The summed E-state index contributed by atoms with van der Waals surface area (Å²) >= 11 is 3.36. The molecule has 1 aliphatic carbocycles. The monoisotopic (exact) mass is 422 g/mol. The van der Waals surface area contributed by atoms with Gasteiger partial charge in [0.2, 0.25) is 5.91 Å². The third-order valence-electron chi connectivity index (χ3n) is 5.21. The van der Waals surface area contributed by atoms with Crippen LogP contribution in [-0.2, 0) is 24.1 Å². The number of fused-ring (bicyclic) bond motifs is 2. The maximum atomic E-state index is 13.1. The molecule has 2 heterocycles. The number of carbonyl (C=O) groups excluding carboxylic acids is 1. The van der Waals surface area contributed by atoms with E-state index >= 15 is 0 Å². The minimum absolute atomic E-state index is 0.0856. The van der Waals surface area contributed by atoms with Crippen molar-refractivity contribution in [1.82, 2.24) is 4.98 Å². The molecule has 3 nitrogen and oxygen atoms in total. The predicted octanol–water partition coefficient (Wildman–Crippen LogP) is 6.22. The number of aryl methyl sites for hydroxylation is 1. The molecule has 0 bridgehead atoms. The fraction of sp³-hybridized carbons (Fsp3) is 0.217. The molecule has 5 rings (SSSR count). The summed E-state index contributed by atoms with van der Waals surface area (Å²) in [7, 11) is 0. The summed E-state index contributed by atoms with van der Waals surface area (Å²) in [4.78, 5) is 18.9. The van der Waals surface area contributed by atoms with Crippen molar-refractivity contribution in [2.75, 3.05) is 5.32 Å². The van der Waals surface area contributed by atoms with Crippen LogP contribution in [-0.4, -0.2) is 10.9 Å². The summed E-state index contributed by atoms with van der Waals surface area (Å²) in [6.45, 7) is 0. The number of thiazole rings is 1. The van der Waals surface area contributed by atoms with Crippen LogP contribution >= 0.6 is 22.7 Å². The molecular formula is C23H19FN2OS2. The number of amides is 1. The molecule has 0 unspecified atom stereocenters. The van der Waals surface area contributed by atoms with Gasteiger partial charge in [-0.1, -0.05) is 24.3 Å². The fourth-order valence-corrected chi connectivity index (χ4v) is 6.23. The van der Waals surface area contributed by atoms with Crippen molar-refractivity contribution in [2.45, 2.75) is 32.1 Å². The Morgan fingerprint density at radius 1 is 1.03 bits per heavy atom.